The molecule has 6 aromatic carbocycles. The first kappa shape index (κ1) is 21.4. The second kappa shape index (κ2) is 7.29. The van der Waals surface area contributed by atoms with Crippen molar-refractivity contribution in [1.29, 1.82) is 0 Å². The van der Waals surface area contributed by atoms with Gasteiger partial charge in [-0.2, -0.15) is 0 Å². The number of hydrogen-bond donors (Lipinski definition) is 0. The fourth-order valence-electron chi connectivity index (χ4n) is 8.27. The molecule has 0 N–H and O–H groups in total. The van der Waals surface area contributed by atoms with Gasteiger partial charge in [0.2, 0.25) is 0 Å². The second-order valence-corrected chi connectivity index (χ2v) is 11.6. The lowest BCUT2D eigenvalue weighted by Crippen LogP contribution is -2.79. The number of nitrogens with zero attached hydrogens (tertiary/aromatic N) is 2. The van der Waals surface area contributed by atoms with Crippen LogP contribution in [0.5, 0.6) is 23.0 Å². The lowest BCUT2D eigenvalue weighted by molar-refractivity contribution is 0.465. The summed E-state index contributed by atoms with van der Waals surface area (Å²) in [6.07, 6.45) is 0. The Morgan fingerprint density at radius 3 is 1.29 bits per heavy atom. The molecule has 0 atom stereocenters. The first-order chi connectivity index (χ1) is 20.9. The Bertz CT molecular complexity index is 2040. The summed E-state index contributed by atoms with van der Waals surface area (Å²) in [6, 6.07) is 43.4. The molecule has 0 saturated carbocycles. The van der Waals surface area contributed by atoms with Gasteiger partial charge in [-0.3, -0.25) is 0 Å². The van der Waals surface area contributed by atoms with Crippen LogP contribution in [-0.4, -0.2) is 13.4 Å². The van der Waals surface area contributed by atoms with E-state index in [0.717, 1.165) is 39.8 Å². The maximum absolute atomic E-state index is 6.68. The van der Waals surface area contributed by atoms with Gasteiger partial charge in [0.1, 0.15) is 23.0 Å². The average molecular weight is 534 g/mol. The van der Waals surface area contributed by atoms with E-state index in [-0.39, 0.29) is 13.4 Å². The molecule has 0 saturated heterocycles. The fourth-order valence-corrected chi connectivity index (χ4v) is 8.27. The predicted octanol–water partition coefficient (Wildman–Crippen LogP) is 4.81. The Kier molecular flexibility index (Phi) is 3.71. The van der Waals surface area contributed by atoms with Crippen molar-refractivity contribution < 1.29 is 9.47 Å². The van der Waals surface area contributed by atoms with Crippen LogP contribution in [0.25, 0.3) is 0 Å². The summed E-state index contributed by atoms with van der Waals surface area (Å²) in [5.41, 5.74) is 14.9. The van der Waals surface area contributed by atoms with Gasteiger partial charge in [-0.05, 0) is 100 Å². The van der Waals surface area contributed by atoms with Gasteiger partial charge in [0.25, 0.3) is 13.4 Å². The number of hydrogen-bond acceptors (Lipinski definition) is 4. The first-order valence-electron chi connectivity index (χ1n) is 14.5. The molecule has 5 heterocycles. The summed E-state index contributed by atoms with van der Waals surface area (Å²) in [6.45, 7) is 0.119. The number of para-hydroxylation sites is 2. The van der Waals surface area contributed by atoms with Crippen LogP contribution in [0.3, 0.4) is 0 Å². The third-order valence-corrected chi connectivity index (χ3v) is 9.70. The standard InChI is InChI=1S/C36H20B2N2O2/c1-3-9-21(10-4-1)39-23-13-7-14-24-31(23)37-32-25(39)17-19-29-35(32)38-34-27(41-29)15-8-16-28(34)42-30-20-18-26(33(37)36(30)38)40(24)22-11-5-2-6-12-22/h1-20H. The average Bonchev–Trinajstić information content (AvgIpc) is 3.05. The van der Waals surface area contributed by atoms with Crippen LogP contribution >= 0.6 is 0 Å². The van der Waals surface area contributed by atoms with Crippen molar-refractivity contribution in [3.05, 3.63) is 121 Å². The van der Waals surface area contributed by atoms with Crippen molar-refractivity contribution in [3.63, 3.8) is 0 Å². The van der Waals surface area contributed by atoms with Gasteiger partial charge < -0.3 is 19.3 Å². The molecule has 0 aromatic heterocycles. The molecular formula is C36H20B2N2O2. The minimum Gasteiger partial charge on any atom is -0.458 e. The summed E-state index contributed by atoms with van der Waals surface area (Å²) in [4.78, 5) is 4.91. The van der Waals surface area contributed by atoms with Gasteiger partial charge in [0.05, 0.1) is 0 Å². The summed E-state index contributed by atoms with van der Waals surface area (Å²) < 4.78 is 13.4. The molecule has 0 radical (unpaired) electrons. The van der Waals surface area contributed by atoms with E-state index in [4.69, 9.17) is 9.47 Å². The highest BCUT2D eigenvalue weighted by molar-refractivity contribution is 7.15. The smallest absolute Gasteiger partial charge is 0.259 e. The zero-order valence-electron chi connectivity index (χ0n) is 22.4. The number of rotatable bonds is 2. The van der Waals surface area contributed by atoms with Crippen molar-refractivity contribution in [3.8, 4) is 23.0 Å². The lowest BCUT2D eigenvalue weighted by Gasteiger charge is -2.50. The molecule has 11 rings (SSSR count). The van der Waals surface area contributed by atoms with E-state index in [9.17, 15) is 0 Å². The van der Waals surface area contributed by atoms with Crippen LogP contribution in [0.15, 0.2) is 121 Å². The van der Waals surface area contributed by atoms with Crippen molar-refractivity contribution in [2.24, 2.45) is 0 Å². The summed E-state index contributed by atoms with van der Waals surface area (Å²) >= 11 is 0. The van der Waals surface area contributed by atoms with Crippen molar-refractivity contribution in [2.75, 3.05) is 9.80 Å². The number of ether oxygens (including phenoxy) is 2. The van der Waals surface area contributed by atoms with Crippen LogP contribution in [0.2, 0.25) is 0 Å². The second-order valence-electron chi connectivity index (χ2n) is 11.6. The Labute approximate surface area is 243 Å². The molecule has 5 aliphatic heterocycles. The minimum atomic E-state index is 0.0481. The third-order valence-electron chi connectivity index (χ3n) is 9.70. The summed E-state index contributed by atoms with van der Waals surface area (Å²) in [5.74, 6) is 3.68. The fraction of sp³-hybridized carbons (Fsp3) is 0. The Balaban J connectivity index is 1.34. The molecule has 5 aliphatic rings. The highest BCUT2D eigenvalue weighted by atomic mass is 16.5. The molecule has 0 bridgehead atoms. The molecule has 0 aliphatic carbocycles. The Morgan fingerprint density at radius 2 is 0.762 bits per heavy atom. The zero-order chi connectivity index (χ0) is 27.1. The molecule has 192 valence electrons. The molecule has 6 aromatic rings. The van der Waals surface area contributed by atoms with Crippen LogP contribution < -0.4 is 52.1 Å². The number of benzene rings is 6. The van der Waals surface area contributed by atoms with E-state index in [2.05, 4.69) is 125 Å². The maximum Gasteiger partial charge on any atom is 0.259 e. The van der Waals surface area contributed by atoms with E-state index in [1.54, 1.807) is 0 Å². The van der Waals surface area contributed by atoms with Crippen molar-refractivity contribution in [1.82, 2.24) is 0 Å². The van der Waals surface area contributed by atoms with Gasteiger partial charge in [-0.15, -0.1) is 0 Å². The van der Waals surface area contributed by atoms with Crippen molar-refractivity contribution >= 4 is 80.3 Å². The summed E-state index contributed by atoms with van der Waals surface area (Å²) in [5, 5.41) is 0. The van der Waals surface area contributed by atoms with E-state index >= 15 is 0 Å². The molecule has 6 heteroatoms. The minimum absolute atomic E-state index is 0.0481. The molecular weight excluding hydrogens is 514 g/mol. The Hall–Kier alpha value is -5.35. The SMILES string of the molecule is c1ccc(N2c3cccc4c3B3c5c2ccc2c5B5c6c(cccc6Oc6ccc(c3c65)N4c3ccccc3)O2)cc1. The van der Waals surface area contributed by atoms with Crippen LogP contribution in [0.1, 0.15) is 0 Å². The summed E-state index contributed by atoms with van der Waals surface area (Å²) in [7, 11) is 0. The first-order valence-corrected chi connectivity index (χ1v) is 14.5. The lowest BCUT2D eigenvalue weighted by atomic mass is 9.18. The largest absolute Gasteiger partial charge is 0.458 e. The normalized spacial score (nSPS) is 14.9. The van der Waals surface area contributed by atoms with Gasteiger partial charge in [0, 0.05) is 39.6 Å². The van der Waals surface area contributed by atoms with Gasteiger partial charge >= 0.3 is 0 Å². The molecule has 0 spiro atoms. The highest BCUT2D eigenvalue weighted by Gasteiger charge is 2.55. The molecule has 0 unspecified atom stereocenters. The van der Waals surface area contributed by atoms with Crippen LogP contribution in [0, 0.1) is 0 Å². The predicted molar refractivity (Wildman–Crippen MR) is 172 cm³/mol. The zero-order valence-corrected chi connectivity index (χ0v) is 22.4. The van der Waals surface area contributed by atoms with E-state index < -0.39 is 0 Å². The van der Waals surface area contributed by atoms with E-state index in [1.807, 2.05) is 6.07 Å². The molecule has 42 heavy (non-hydrogen) atoms. The third kappa shape index (κ3) is 2.37. The van der Waals surface area contributed by atoms with Crippen molar-refractivity contribution in [2.45, 2.75) is 0 Å². The maximum atomic E-state index is 6.68. The van der Waals surface area contributed by atoms with Gasteiger partial charge in [-0.25, -0.2) is 0 Å². The number of anilines is 6. The Morgan fingerprint density at radius 1 is 0.333 bits per heavy atom. The van der Waals surface area contributed by atoms with E-state index in [0.29, 0.717) is 0 Å². The van der Waals surface area contributed by atoms with Gasteiger partial charge in [-0.1, -0.05) is 48.5 Å². The molecule has 0 amide bonds. The monoisotopic (exact) mass is 534 g/mol. The van der Waals surface area contributed by atoms with E-state index in [1.165, 1.54) is 50.1 Å². The highest BCUT2D eigenvalue weighted by Crippen LogP contribution is 2.46. The van der Waals surface area contributed by atoms with Gasteiger partial charge in [0.15, 0.2) is 0 Å². The van der Waals surface area contributed by atoms with Crippen LogP contribution in [0.4, 0.5) is 34.1 Å². The topological polar surface area (TPSA) is 24.9 Å². The molecule has 4 nitrogen and oxygen atoms in total. The quantitative estimate of drug-likeness (QED) is 0.298. The van der Waals surface area contributed by atoms with Crippen LogP contribution in [-0.2, 0) is 0 Å². The molecule has 0 fully saturated rings.